The molecule has 4 aromatic carbocycles. The second-order valence-electron chi connectivity index (χ2n) is 8.17. The monoisotopic (exact) mass is 458 g/mol. The lowest BCUT2D eigenvalue weighted by Crippen LogP contribution is -1.94. The van der Waals surface area contributed by atoms with Crippen molar-refractivity contribution in [2.24, 2.45) is 0 Å². The molecule has 0 aromatic heterocycles. The van der Waals surface area contributed by atoms with E-state index in [0.717, 1.165) is 11.1 Å². The third-order valence-corrected chi connectivity index (χ3v) is 5.67. The largest absolute Gasteiger partial charge is 0.508 e. The second kappa shape index (κ2) is 10.1. The van der Waals surface area contributed by atoms with E-state index in [2.05, 4.69) is 0 Å². The van der Waals surface area contributed by atoms with Crippen LogP contribution in [0.25, 0.3) is 0 Å². The van der Waals surface area contributed by atoms with Crippen LogP contribution in [0, 0.1) is 0 Å². The van der Waals surface area contributed by atoms with Gasteiger partial charge in [0.05, 0.1) is 0 Å². The van der Waals surface area contributed by atoms with Crippen molar-refractivity contribution in [2.75, 3.05) is 0 Å². The standard InChI is InChI=1S/C28H26O6/c29-22-8-13-25(31)20(16-22)6-1-18-3-10-24(11-4-18)34-28-15-19(5-12-27(28)33)2-7-21-17-23(30)9-14-26(21)32/h3-5,8-17,29-33H,1-2,6-7H2. The molecular formula is C28H26O6. The third-order valence-electron chi connectivity index (χ3n) is 5.67. The van der Waals surface area contributed by atoms with E-state index >= 15 is 0 Å². The zero-order chi connectivity index (χ0) is 24.1. The number of phenolic OH excluding ortho intramolecular Hbond substituents is 5. The van der Waals surface area contributed by atoms with Crippen molar-refractivity contribution in [3.05, 3.63) is 101 Å². The van der Waals surface area contributed by atoms with Crippen LogP contribution in [0.2, 0.25) is 0 Å². The molecule has 0 heterocycles. The SMILES string of the molecule is Oc1ccc(O)c(CCc2ccc(Oc3cc(CCc4cc(O)ccc4O)ccc3O)cc2)c1. The van der Waals surface area contributed by atoms with Gasteiger partial charge in [-0.1, -0.05) is 18.2 Å². The van der Waals surface area contributed by atoms with Crippen LogP contribution in [0.5, 0.6) is 40.2 Å². The molecule has 0 atom stereocenters. The van der Waals surface area contributed by atoms with Crippen LogP contribution in [0.3, 0.4) is 0 Å². The van der Waals surface area contributed by atoms with Gasteiger partial charge in [-0.15, -0.1) is 0 Å². The summed E-state index contributed by atoms with van der Waals surface area (Å²) in [6, 6.07) is 21.5. The van der Waals surface area contributed by atoms with E-state index < -0.39 is 0 Å². The molecule has 0 unspecified atom stereocenters. The molecule has 0 saturated carbocycles. The summed E-state index contributed by atoms with van der Waals surface area (Å²) < 4.78 is 5.88. The van der Waals surface area contributed by atoms with E-state index in [4.69, 9.17) is 4.74 Å². The maximum atomic E-state index is 10.2. The summed E-state index contributed by atoms with van der Waals surface area (Å²) in [5.74, 6) is 1.44. The molecule has 5 N–H and O–H groups in total. The Labute approximate surface area is 197 Å². The maximum Gasteiger partial charge on any atom is 0.169 e. The van der Waals surface area contributed by atoms with Gasteiger partial charge in [-0.25, -0.2) is 0 Å². The molecule has 4 rings (SSSR count). The molecule has 0 amide bonds. The van der Waals surface area contributed by atoms with E-state index in [0.29, 0.717) is 48.3 Å². The molecule has 0 aliphatic carbocycles. The molecule has 0 saturated heterocycles. The predicted octanol–water partition coefficient (Wildman–Crippen LogP) is 5.58. The molecule has 0 radical (unpaired) electrons. The summed E-state index contributed by atoms with van der Waals surface area (Å²) in [4.78, 5) is 0. The normalized spacial score (nSPS) is 10.8. The van der Waals surface area contributed by atoms with Crippen molar-refractivity contribution in [3.63, 3.8) is 0 Å². The molecule has 174 valence electrons. The van der Waals surface area contributed by atoms with Gasteiger partial charge in [0.2, 0.25) is 0 Å². The molecular weight excluding hydrogens is 432 g/mol. The van der Waals surface area contributed by atoms with Crippen LogP contribution in [-0.4, -0.2) is 25.5 Å². The number of hydrogen-bond donors (Lipinski definition) is 5. The van der Waals surface area contributed by atoms with Crippen LogP contribution in [-0.2, 0) is 25.7 Å². The Balaban J connectivity index is 1.39. The van der Waals surface area contributed by atoms with E-state index in [1.165, 1.54) is 30.3 Å². The van der Waals surface area contributed by atoms with Gasteiger partial charge in [-0.3, -0.25) is 0 Å². The zero-order valence-electron chi connectivity index (χ0n) is 18.5. The average Bonchev–Trinajstić information content (AvgIpc) is 2.83. The fraction of sp³-hybridized carbons (Fsp3) is 0.143. The summed E-state index contributed by atoms with van der Waals surface area (Å²) in [7, 11) is 0. The number of rotatable bonds is 8. The number of ether oxygens (including phenoxy) is 1. The Kier molecular flexibility index (Phi) is 6.78. The lowest BCUT2D eigenvalue weighted by atomic mass is 10.0. The summed E-state index contributed by atoms with van der Waals surface area (Å²) in [6.45, 7) is 0. The first-order chi connectivity index (χ1) is 16.4. The van der Waals surface area contributed by atoms with Crippen LogP contribution < -0.4 is 4.74 Å². The topological polar surface area (TPSA) is 110 Å². The molecule has 0 aliphatic heterocycles. The Bertz CT molecular complexity index is 1280. The van der Waals surface area contributed by atoms with Crippen molar-refractivity contribution in [2.45, 2.75) is 25.7 Å². The third kappa shape index (κ3) is 5.72. The quantitative estimate of drug-likeness (QED) is 0.221. The van der Waals surface area contributed by atoms with Crippen molar-refractivity contribution in [3.8, 4) is 40.2 Å². The number of phenols is 5. The molecule has 0 bridgehead atoms. The minimum atomic E-state index is 0.0207. The number of benzene rings is 4. The smallest absolute Gasteiger partial charge is 0.169 e. The van der Waals surface area contributed by atoms with Gasteiger partial charge in [-0.05, 0) is 109 Å². The maximum absolute atomic E-state index is 10.2. The second-order valence-corrected chi connectivity index (χ2v) is 8.17. The number of hydrogen-bond acceptors (Lipinski definition) is 6. The van der Waals surface area contributed by atoms with Gasteiger partial charge in [0.1, 0.15) is 28.7 Å². The lowest BCUT2D eigenvalue weighted by molar-refractivity contribution is 0.410. The van der Waals surface area contributed by atoms with Gasteiger partial charge < -0.3 is 30.3 Å². The minimum Gasteiger partial charge on any atom is -0.508 e. The first-order valence-electron chi connectivity index (χ1n) is 11.0. The number of aromatic hydroxyl groups is 5. The van der Waals surface area contributed by atoms with Crippen LogP contribution in [0.1, 0.15) is 22.3 Å². The summed E-state index contributed by atoms with van der Waals surface area (Å²) in [6.07, 6.45) is 2.38. The van der Waals surface area contributed by atoms with Crippen LogP contribution >= 0.6 is 0 Å². The summed E-state index contributed by atoms with van der Waals surface area (Å²) in [5.41, 5.74) is 3.28. The van der Waals surface area contributed by atoms with E-state index in [9.17, 15) is 25.5 Å². The highest BCUT2D eigenvalue weighted by molar-refractivity contribution is 5.46. The van der Waals surface area contributed by atoms with Gasteiger partial charge >= 0.3 is 0 Å². The van der Waals surface area contributed by atoms with Gasteiger partial charge in [0.15, 0.2) is 11.5 Å². The Hall–Kier alpha value is -4.32. The van der Waals surface area contributed by atoms with Crippen molar-refractivity contribution in [1.82, 2.24) is 0 Å². The summed E-state index contributed by atoms with van der Waals surface area (Å²) >= 11 is 0. The Morgan fingerprint density at radius 1 is 0.471 bits per heavy atom. The van der Waals surface area contributed by atoms with E-state index in [1.807, 2.05) is 24.3 Å². The zero-order valence-corrected chi connectivity index (χ0v) is 18.5. The Morgan fingerprint density at radius 2 is 0.971 bits per heavy atom. The fourth-order valence-corrected chi connectivity index (χ4v) is 3.75. The van der Waals surface area contributed by atoms with Gasteiger partial charge in [-0.2, -0.15) is 0 Å². The fourth-order valence-electron chi connectivity index (χ4n) is 3.75. The number of aryl methyl sites for hydroxylation is 4. The van der Waals surface area contributed by atoms with Gasteiger partial charge in [0.25, 0.3) is 0 Å². The average molecular weight is 459 g/mol. The highest BCUT2D eigenvalue weighted by Crippen LogP contribution is 2.33. The molecule has 6 nitrogen and oxygen atoms in total. The first-order valence-corrected chi connectivity index (χ1v) is 11.0. The van der Waals surface area contributed by atoms with Crippen LogP contribution in [0.15, 0.2) is 78.9 Å². The minimum absolute atomic E-state index is 0.0207. The predicted molar refractivity (Wildman–Crippen MR) is 129 cm³/mol. The highest BCUT2D eigenvalue weighted by Gasteiger charge is 2.09. The van der Waals surface area contributed by atoms with Crippen LogP contribution in [0.4, 0.5) is 0 Å². The molecule has 0 spiro atoms. The van der Waals surface area contributed by atoms with E-state index in [1.54, 1.807) is 24.3 Å². The lowest BCUT2D eigenvalue weighted by Gasteiger charge is -2.11. The van der Waals surface area contributed by atoms with Gasteiger partial charge in [0, 0.05) is 0 Å². The highest BCUT2D eigenvalue weighted by atomic mass is 16.5. The van der Waals surface area contributed by atoms with Crippen molar-refractivity contribution in [1.29, 1.82) is 0 Å². The molecule has 0 aliphatic rings. The van der Waals surface area contributed by atoms with E-state index in [-0.39, 0.29) is 28.7 Å². The molecule has 0 fully saturated rings. The first kappa shape index (κ1) is 22.9. The molecule has 6 heteroatoms. The summed E-state index contributed by atoms with van der Waals surface area (Å²) in [5, 5.41) is 49.3. The van der Waals surface area contributed by atoms with Crippen molar-refractivity contribution < 1.29 is 30.3 Å². The Morgan fingerprint density at radius 3 is 1.56 bits per heavy atom. The molecule has 34 heavy (non-hydrogen) atoms. The van der Waals surface area contributed by atoms with Crippen molar-refractivity contribution >= 4 is 0 Å². The molecule has 4 aromatic rings.